The van der Waals surface area contributed by atoms with Crippen LogP contribution in [0.1, 0.15) is 25.5 Å². The van der Waals surface area contributed by atoms with E-state index in [2.05, 4.69) is 25.0 Å². The van der Waals surface area contributed by atoms with Crippen molar-refractivity contribution in [3.8, 4) is 5.69 Å². The van der Waals surface area contributed by atoms with Gasteiger partial charge in [0.15, 0.2) is 0 Å². The van der Waals surface area contributed by atoms with Crippen molar-refractivity contribution in [3.63, 3.8) is 0 Å². The fourth-order valence-corrected chi connectivity index (χ4v) is 1.47. The predicted octanol–water partition coefficient (Wildman–Crippen LogP) is 2.79. The van der Waals surface area contributed by atoms with Crippen molar-refractivity contribution < 1.29 is 21.1 Å². The summed E-state index contributed by atoms with van der Waals surface area (Å²) in [5.74, 6) is 0.478. The van der Waals surface area contributed by atoms with Gasteiger partial charge in [-0.05, 0) is 17.7 Å². The van der Waals surface area contributed by atoms with Crippen LogP contribution in [0.5, 0.6) is 0 Å². The number of rotatable bonds is 2. The Bertz CT molecular complexity index is 407. The van der Waals surface area contributed by atoms with Gasteiger partial charge in [0, 0.05) is 33.0 Å². The third-order valence-electron chi connectivity index (χ3n) is 2.18. The molecule has 0 aliphatic heterocycles. The molecule has 0 atom stereocenters. The molecule has 1 aromatic carbocycles. The number of hydrogen-bond acceptors (Lipinski definition) is 1. The van der Waals surface area contributed by atoms with Gasteiger partial charge in [-0.15, -0.1) is 6.07 Å². The molecule has 0 saturated heterocycles. The second-order valence-electron chi connectivity index (χ2n) is 3.57. The first-order chi connectivity index (χ1) is 6.79. The molecule has 15 heavy (non-hydrogen) atoms. The van der Waals surface area contributed by atoms with E-state index in [1.165, 1.54) is 5.69 Å². The molecule has 3 heteroatoms. The Kier molecular flexibility index (Phi) is 4.28. The maximum Gasteiger partial charge on any atom is 0.0496 e. The SMILES string of the molecule is CC(C)c1ccnn1-c1[c-]cccc1.[Pt]. The summed E-state index contributed by atoms with van der Waals surface area (Å²) in [6, 6.07) is 13.1. The first-order valence-corrected chi connectivity index (χ1v) is 4.80. The Morgan fingerprint density at radius 3 is 2.67 bits per heavy atom. The predicted molar refractivity (Wildman–Crippen MR) is 56.5 cm³/mol. The summed E-state index contributed by atoms with van der Waals surface area (Å²) in [7, 11) is 0. The summed E-state index contributed by atoms with van der Waals surface area (Å²) in [5, 5.41) is 4.29. The van der Waals surface area contributed by atoms with E-state index in [0.717, 1.165) is 5.69 Å². The molecule has 0 radical (unpaired) electrons. The van der Waals surface area contributed by atoms with Crippen LogP contribution in [0.15, 0.2) is 36.5 Å². The zero-order valence-corrected chi connectivity index (χ0v) is 11.0. The van der Waals surface area contributed by atoms with Crippen LogP contribution in [0, 0.1) is 6.07 Å². The summed E-state index contributed by atoms with van der Waals surface area (Å²) in [6.45, 7) is 4.33. The van der Waals surface area contributed by atoms with Gasteiger partial charge < -0.3 is 0 Å². The van der Waals surface area contributed by atoms with Crippen LogP contribution < -0.4 is 0 Å². The average molecular weight is 380 g/mol. The number of benzene rings is 1. The van der Waals surface area contributed by atoms with Crippen LogP contribution in [-0.2, 0) is 21.1 Å². The van der Waals surface area contributed by atoms with Gasteiger partial charge in [0.25, 0.3) is 0 Å². The van der Waals surface area contributed by atoms with E-state index in [-0.39, 0.29) is 21.1 Å². The monoisotopic (exact) mass is 380 g/mol. The third kappa shape index (κ3) is 2.57. The molecule has 2 rings (SSSR count). The molecule has 0 spiro atoms. The summed E-state index contributed by atoms with van der Waals surface area (Å²) in [6.07, 6.45) is 1.83. The number of aromatic nitrogens is 2. The van der Waals surface area contributed by atoms with E-state index in [9.17, 15) is 0 Å². The Morgan fingerprint density at radius 2 is 2.07 bits per heavy atom. The Hall–Kier alpha value is -0.882. The normalized spacial score (nSPS) is 10.1. The van der Waals surface area contributed by atoms with E-state index in [0.29, 0.717) is 5.92 Å². The van der Waals surface area contributed by atoms with Gasteiger partial charge in [0.05, 0.1) is 0 Å². The molecular formula is C12H13N2Pt-. The van der Waals surface area contributed by atoms with Crippen molar-refractivity contribution in [2.24, 2.45) is 0 Å². The van der Waals surface area contributed by atoms with Crippen molar-refractivity contribution >= 4 is 0 Å². The van der Waals surface area contributed by atoms with Crippen molar-refractivity contribution in [1.82, 2.24) is 9.78 Å². The van der Waals surface area contributed by atoms with Crippen LogP contribution in [0.25, 0.3) is 5.69 Å². The van der Waals surface area contributed by atoms with Crippen molar-refractivity contribution in [2.75, 3.05) is 0 Å². The van der Waals surface area contributed by atoms with Gasteiger partial charge in [-0.25, -0.2) is 0 Å². The third-order valence-corrected chi connectivity index (χ3v) is 2.18. The number of hydrogen-bond donors (Lipinski definition) is 0. The molecule has 0 N–H and O–H groups in total. The van der Waals surface area contributed by atoms with Gasteiger partial charge in [-0.3, -0.25) is 4.68 Å². The van der Waals surface area contributed by atoms with Crippen LogP contribution in [0.2, 0.25) is 0 Å². The Balaban J connectivity index is 0.00000112. The fraction of sp³-hybridized carbons (Fsp3) is 0.250. The first kappa shape index (κ1) is 12.2. The van der Waals surface area contributed by atoms with Crippen molar-refractivity contribution in [3.05, 3.63) is 48.3 Å². The molecule has 2 aromatic rings. The van der Waals surface area contributed by atoms with Gasteiger partial charge >= 0.3 is 0 Å². The minimum atomic E-state index is 0. The smallest absolute Gasteiger partial charge is 0.0496 e. The van der Waals surface area contributed by atoms with Crippen LogP contribution in [0.4, 0.5) is 0 Å². The van der Waals surface area contributed by atoms with E-state index < -0.39 is 0 Å². The zero-order chi connectivity index (χ0) is 9.97. The van der Waals surface area contributed by atoms with Gasteiger partial charge in [0.2, 0.25) is 0 Å². The topological polar surface area (TPSA) is 17.8 Å². The molecule has 0 amide bonds. The largest absolute Gasteiger partial charge is 0.262 e. The summed E-state index contributed by atoms with van der Waals surface area (Å²) < 4.78 is 1.94. The molecule has 2 nitrogen and oxygen atoms in total. The van der Waals surface area contributed by atoms with Gasteiger partial charge in [0.1, 0.15) is 0 Å². The summed E-state index contributed by atoms with van der Waals surface area (Å²) in [4.78, 5) is 0. The van der Waals surface area contributed by atoms with Gasteiger partial charge in [-0.2, -0.15) is 29.4 Å². The molecule has 0 unspecified atom stereocenters. The minimum Gasteiger partial charge on any atom is -0.262 e. The average Bonchev–Trinajstić information content (AvgIpc) is 2.67. The van der Waals surface area contributed by atoms with Crippen molar-refractivity contribution in [2.45, 2.75) is 19.8 Å². The van der Waals surface area contributed by atoms with E-state index in [1.54, 1.807) is 0 Å². The van der Waals surface area contributed by atoms with E-state index in [4.69, 9.17) is 0 Å². The molecular weight excluding hydrogens is 367 g/mol. The molecule has 0 fully saturated rings. The summed E-state index contributed by atoms with van der Waals surface area (Å²) >= 11 is 0. The summed E-state index contributed by atoms with van der Waals surface area (Å²) in [5.41, 5.74) is 2.22. The van der Waals surface area contributed by atoms with E-state index >= 15 is 0 Å². The maximum absolute atomic E-state index is 4.29. The van der Waals surface area contributed by atoms with Crippen molar-refractivity contribution in [1.29, 1.82) is 0 Å². The molecule has 1 aromatic heterocycles. The second kappa shape index (κ2) is 5.27. The second-order valence-corrected chi connectivity index (χ2v) is 3.57. The molecule has 0 aliphatic rings. The maximum atomic E-state index is 4.29. The standard InChI is InChI=1S/C12H13N2.Pt/c1-10(2)12-8-9-13-14(12)11-6-4-3-5-7-11;/h3-6,8-10H,1-2H3;/q-1;. The number of para-hydroxylation sites is 1. The molecule has 0 bridgehead atoms. The fourth-order valence-electron chi connectivity index (χ4n) is 1.47. The Morgan fingerprint density at radius 1 is 1.27 bits per heavy atom. The molecule has 82 valence electrons. The molecule has 0 aliphatic carbocycles. The molecule has 1 heterocycles. The molecule has 0 saturated carbocycles. The van der Waals surface area contributed by atoms with Crippen LogP contribution in [-0.4, -0.2) is 9.78 Å². The van der Waals surface area contributed by atoms with E-state index in [1.807, 2.05) is 41.2 Å². The van der Waals surface area contributed by atoms with Gasteiger partial charge in [-0.1, -0.05) is 13.8 Å². The Labute approximate surface area is 105 Å². The number of nitrogens with zero attached hydrogens (tertiary/aromatic N) is 2. The quantitative estimate of drug-likeness (QED) is 0.733. The van der Waals surface area contributed by atoms with Crippen LogP contribution >= 0.6 is 0 Å². The minimum absolute atomic E-state index is 0. The van der Waals surface area contributed by atoms with Crippen LogP contribution in [0.3, 0.4) is 0 Å². The zero-order valence-electron chi connectivity index (χ0n) is 8.75. The first-order valence-electron chi connectivity index (χ1n) is 4.80.